The molecule has 0 spiro atoms. The van der Waals surface area contributed by atoms with Crippen LogP contribution in [0.15, 0.2) is 41.2 Å². The molecule has 4 nitrogen and oxygen atoms in total. The number of nitrogens with zero attached hydrogens (tertiary/aromatic N) is 1. The molecular formula is C14H12FNO3. The molecule has 0 atom stereocenters. The zero-order valence-electron chi connectivity index (χ0n) is 10.3. The third kappa shape index (κ3) is 2.70. The zero-order chi connectivity index (χ0) is 14.0. The van der Waals surface area contributed by atoms with Gasteiger partial charge in [0.1, 0.15) is 5.82 Å². The van der Waals surface area contributed by atoms with Crippen LogP contribution in [0.25, 0.3) is 0 Å². The van der Waals surface area contributed by atoms with E-state index in [0.29, 0.717) is 5.69 Å². The number of benzene rings is 1. The lowest BCUT2D eigenvalue weighted by Gasteiger charge is -2.10. The smallest absolute Gasteiger partial charge is 0.335 e. The summed E-state index contributed by atoms with van der Waals surface area (Å²) in [6, 6.07) is 8.46. The number of pyridine rings is 1. The number of aryl methyl sites for hydroxylation is 1. The molecule has 2 aromatic rings. The van der Waals surface area contributed by atoms with Crippen molar-refractivity contribution in [2.45, 2.75) is 13.5 Å². The van der Waals surface area contributed by atoms with Gasteiger partial charge in [-0.3, -0.25) is 4.79 Å². The number of aromatic nitrogens is 1. The van der Waals surface area contributed by atoms with E-state index in [9.17, 15) is 14.0 Å². The van der Waals surface area contributed by atoms with Crippen LogP contribution in [0.3, 0.4) is 0 Å². The van der Waals surface area contributed by atoms with Crippen molar-refractivity contribution in [2.75, 3.05) is 0 Å². The quantitative estimate of drug-likeness (QED) is 0.919. The number of hydrogen-bond acceptors (Lipinski definition) is 2. The van der Waals surface area contributed by atoms with E-state index < -0.39 is 11.8 Å². The molecule has 0 aliphatic heterocycles. The van der Waals surface area contributed by atoms with Crippen molar-refractivity contribution in [1.82, 2.24) is 4.57 Å². The predicted octanol–water partition coefficient (Wildman–Crippen LogP) is 2.04. The van der Waals surface area contributed by atoms with Gasteiger partial charge in [0.2, 0.25) is 0 Å². The summed E-state index contributed by atoms with van der Waals surface area (Å²) >= 11 is 0. The molecule has 1 N–H and O–H groups in total. The number of carboxylic acid groups (broad SMARTS) is 1. The molecule has 0 fully saturated rings. The van der Waals surface area contributed by atoms with Crippen molar-refractivity contribution >= 4 is 5.97 Å². The molecule has 1 heterocycles. The molecule has 0 aliphatic carbocycles. The average Bonchev–Trinajstić information content (AvgIpc) is 2.35. The number of rotatable bonds is 3. The van der Waals surface area contributed by atoms with E-state index in [1.807, 2.05) is 0 Å². The van der Waals surface area contributed by atoms with Crippen molar-refractivity contribution in [1.29, 1.82) is 0 Å². The zero-order valence-corrected chi connectivity index (χ0v) is 10.3. The van der Waals surface area contributed by atoms with Gasteiger partial charge in [-0.1, -0.05) is 12.1 Å². The average molecular weight is 261 g/mol. The summed E-state index contributed by atoms with van der Waals surface area (Å²) in [5, 5.41) is 8.76. The molecular weight excluding hydrogens is 249 g/mol. The minimum atomic E-state index is -1.18. The highest BCUT2D eigenvalue weighted by atomic mass is 19.1. The maximum atomic E-state index is 13.8. The Kier molecular flexibility index (Phi) is 3.46. The molecule has 0 aliphatic rings. The van der Waals surface area contributed by atoms with E-state index in [2.05, 4.69) is 0 Å². The normalized spacial score (nSPS) is 10.4. The molecule has 1 aromatic heterocycles. The third-order valence-corrected chi connectivity index (χ3v) is 2.90. The minimum absolute atomic E-state index is 0.0806. The Labute approximate surface area is 108 Å². The van der Waals surface area contributed by atoms with Crippen LogP contribution in [0.2, 0.25) is 0 Å². The molecule has 5 heteroatoms. The Hall–Kier alpha value is -2.43. The van der Waals surface area contributed by atoms with Crippen LogP contribution < -0.4 is 5.56 Å². The monoisotopic (exact) mass is 261 g/mol. The molecule has 0 saturated carbocycles. The van der Waals surface area contributed by atoms with Crippen molar-refractivity contribution in [2.24, 2.45) is 0 Å². The Bertz CT molecular complexity index is 691. The molecule has 2 rings (SSSR count). The summed E-state index contributed by atoms with van der Waals surface area (Å²) in [5.41, 5.74) is 0.663. The van der Waals surface area contributed by atoms with E-state index in [-0.39, 0.29) is 23.2 Å². The number of carbonyl (C=O) groups is 1. The van der Waals surface area contributed by atoms with Gasteiger partial charge in [0, 0.05) is 17.3 Å². The van der Waals surface area contributed by atoms with Crippen LogP contribution in [0.5, 0.6) is 0 Å². The molecule has 0 saturated heterocycles. The van der Waals surface area contributed by atoms with Crippen LogP contribution in [0.4, 0.5) is 4.39 Å². The fraction of sp³-hybridized carbons (Fsp3) is 0.143. The second-order valence-electron chi connectivity index (χ2n) is 4.20. The fourth-order valence-corrected chi connectivity index (χ4v) is 1.80. The minimum Gasteiger partial charge on any atom is -0.478 e. The molecule has 0 unspecified atom stereocenters. The first-order chi connectivity index (χ1) is 8.99. The lowest BCUT2D eigenvalue weighted by molar-refractivity contribution is 0.0696. The van der Waals surface area contributed by atoms with Crippen LogP contribution in [0.1, 0.15) is 21.6 Å². The van der Waals surface area contributed by atoms with Gasteiger partial charge in [-0.15, -0.1) is 0 Å². The standard InChI is InChI=1S/C14H12FNO3/c1-9-3-2-4-13(17)16(9)8-11-6-5-10(14(18)19)7-12(11)15/h2-7H,8H2,1H3,(H,18,19). The highest BCUT2D eigenvalue weighted by Gasteiger charge is 2.10. The summed E-state index contributed by atoms with van der Waals surface area (Å²) in [7, 11) is 0. The van der Waals surface area contributed by atoms with Gasteiger partial charge in [-0.05, 0) is 25.1 Å². The second-order valence-corrected chi connectivity index (χ2v) is 4.20. The lowest BCUT2D eigenvalue weighted by atomic mass is 10.1. The van der Waals surface area contributed by atoms with Crippen molar-refractivity contribution in [3.05, 3.63) is 69.4 Å². The van der Waals surface area contributed by atoms with Gasteiger partial charge in [-0.2, -0.15) is 0 Å². The van der Waals surface area contributed by atoms with Crippen LogP contribution in [-0.4, -0.2) is 15.6 Å². The topological polar surface area (TPSA) is 59.3 Å². The Morgan fingerprint density at radius 2 is 2.05 bits per heavy atom. The largest absolute Gasteiger partial charge is 0.478 e. The third-order valence-electron chi connectivity index (χ3n) is 2.90. The number of hydrogen-bond donors (Lipinski definition) is 1. The van der Waals surface area contributed by atoms with Gasteiger partial charge in [-0.25, -0.2) is 9.18 Å². The van der Waals surface area contributed by atoms with E-state index in [4.69, 9.17) is 5.11 Å². The Balaban J connectivity index is 2.39. The lowest BCUT2D eigenvalue weighted by Crippen LogP contribution is -2.22. The predicted molar refractivity (Wildman–Crippen MR) is 67.9 cm³/mol. The van der Waals surface area contributed by atoms with E-state index >= 15 is 0 Å². The summed E-state index contributed by atoms with van der Waals surface area (Å²) in [4.78, 5) is 22.4. The number of aromatic carboxylic acids is 1. The SMILES string of the molecule is Cc1cccc(=O)n1Cc1ccc(C(=O)O)cc1F. The maximum absolute atomic E-state index is 13.8. The van der Waals surface area contributed by atoms with Crippen molar-refractivity contribution < 1.29 is 14.3 Å². The highest BCUT2D eigenvalue weighted by Crippen LogP contribution is 2.12. The second kappa shape index (κ2) is 5.06. The van der Waals surface area contributed by atoms with E-state index in [1.165, 1.54) is 22.8 Å². The van der Waals surface area contributed by atoms with Crippen LogP contribution in [0, 0.1) is 12.7 Å². The van der Waals surface area contributed by atoms with E-state index in [0.717, 1.165) is 6.07 Å². The summed E-state index contributed by atoms with van der Waals surface area (Å²) < 4.78 is 15.2. The molecule has 19 heavy (non-hydrogen) atoms. The van der Waals surface area contributed by atoms with Gasteiger partial charge >= 0.3 is 5.97 Å². The Morgan fingerprint density at radius 1 is 1.32 bits per heavy atom. The van der Waals surface area contributed by atoms with Crippen LogP contribution >= 0.6 is 0 Å². The summed E-state index contributed by atoms with van der Waals surface area (Å²) in [6.07, 6.45) is 0. The maximum Gasteiger partial charge on any atom is 0.335 e. The fourth-order valence-electron chi connectivity index (χ4n) is 1.80. The van der Waals surface area contributed by atoms with Crippen molar-refractivity contribution in [3.8, 4) is 0 Å². The first kappa shape index (κ1) is 13.0. The van der Waals surface area contributed by atoms with Gasteiger partial charge < -0.3 is 9.67 Å². The first-order valence-corrected chi connectivity index (χ1v) is 5.67. The first-order valence-electron chi connectivity index (χ1n) is 5.67. The molecule has 0 radical (unpaired) electrons. The molecule has 1 aromatic carbocycles. The van der Waals surface area contributed by atoms with Crippen molar-refractivity contribution in [3.63, 3.8) is 0 Å². The number of halogens is 1. The summed E-state index contributed by atoms with van der Waals surface area (Å²) in [5.74, 6) is -1.81. The number of carboxylic acids is 1. The molecule has 98 valence electrons. The van der Waals surface area contributed by atoms with Gasteiger partial charge in [0.25, 0.3) is 5.56 Å². The highest BCUT2D eigenvalue weighted by molar-refractivity contribution is 5.87. The molecule has 0 bridgehead atoms. The van der Waals surface area contributed by atoms with Gasteiger partial charge in [0.15, 0.2) is 0 Å². The van der Waals surface area contributed by atoms with E-state index in [1.54, 1.807) is 19.1 Å². The van der Waals surface area contributed by atoms with Gasteiger partial charge in [0.05, 0.1) is 12.1 Å². The Morgan fingerprint density at radius 3 is 2.63 bits per heavy atom. The summed E-state index contributed by atoms with van der Waals surface area (Å²) in [6.45, 7) is 1.84. The van der Waals surface area contributed by atoms with Crippen LogP contribution in [-0.2, 0) is 6.54 Å². The molecule has 0 amide bonds.